The standard InChI is InChI=1S/C18H26N2O3/c1-14-11-20(12-15(2)23-14)18(21)17-5-3-16(4-6-17)13-19-7-9-22-10-8-19/h3-6,14-15H,7-13H2,1-2H3/t14-,15+. The molecule has 0 radical (unpaired) electrons. The molecule has 2 saturated heterocycles. The molecule has 5 heteroatoms. The van der Waals surface area contributed by atoms with Crippen LogP contribution in [-0.2, 0) is 16.0 Å². The van der Waals surface area contributed by atoms with Crippen LogP contribution in [0.1, 0.15) is 29.8 Å². The van der Waals surface area contributed by atoms with Gasteiger partial charge in [0, 0.05) is 38.3 Å². The predicted octanol–water partition coefficient (Wildman–Crippen LogP) is 1.77. The Morgan fingerprint density at radius 2 is 1.70 bits per heavy atom. The summed E-state index contributed by atoms with van der Waals surface area (Å²) in [6.45, 7) is 9.85. The number of rotatable bonds is 3. The minimum absolute atomic E-state index is 0.100. The number of hydrogen-bond donors (Lipinski definition) is 0. The minimum atomic E-state index is 0.100. The van der Waals surface area contributed by atoms with E-state index < -0.39 is 0 Å². The van der Waals surface area contributed by atoms with Crippen molar-refractivity contribution in [2.45, 2.75) is 32.6 Å². The molecule has 23 heavy (non-hydrogen) atoms. The van der Waals surface area contributed by atoms with E-state index in [4.69, 9.17) is 9.47 Å². The highest BCUT2D eigenvalue weighted by molar-refractivity contribution is 5.94. The lowest BCUT2D eigenvalue weighted by atomic mass is 10.1. The molecule has 0 spiro atoms. The molecule has 2 atom stereocenters. The van der Waals surface area contributed by atoms with Crippen LogP contribution in [0.2, 0.25) is 0 Å². The van der Waals surface area contributed by atoms with Gasteiger partial charge in [-0.15, -0.1) is 0 Å². The highest BCUT2D eigenvalue weighted by Gasteiger charge is 2.26. The zero-order valence-electron chi connectivity index (χ0n) is 14.0. The lowest BCUT2D eigenvalue weighted by Crippen LogP contribution is -2.48. The lowest BCUT2D eigenvalue weighted by Gasteiger charge is -2.35. The zero-order chi connectivity index (χ0) is 16.2. The van der Waals surface area contributed by atoms with Crippen LogP contribution in [-0.4, -0.2) is 67.3 Å². The smallest absolute Gasteiger partial charge is 0.254 e. The Morgan fingerprint density at radius 1 is 1.09 bits per heavy atom. The van der Waals surface area contributed by atoms with Crippen LogP contribution in [0.3, 0.4) is 0 Å². The second kappa shape index (κ2) is 7.43. The number of amides is 1. The number of nitrogens with zero attached hydrogens (tertiary/aromatic N) is 2. The van der Waals surface area contributed by atoms with Gasteiger partial charge in [-0.1, -0.05) is 12.1 Å². The minimum Gasteiger partial charge on any atom is -0.379 e. The summed E-state index contributed by atoms with van der Waals surface area (Å²) in [5, 5.41) is 0. The summed E-state index contributed by atoms with van der Waals surface area (Å²) >= 11 is 0. The van der Waals surface area contributed by atoms with E-state index in [0.29, 0.717) is 13.1 Å². The molecule has 2 fully saturated rings. The second-order valence-electron chi connectivity index (χ2n) is 6.55. The number of ether oxygens (including phenoxy) is 2. The normalized spacial score (nSPS) is 26.3. The Balaban J connectivity index is 1.60. The molecule has 0 bridgehead atoms. The first kappa shape index (κ1) is 16.4. The van der Waals surface area contributed by atoms with Crippen LogP contribution in [0.15, 0.2) is 24.3 Å². The fraction of sp³-hybridized carbons (Fsp3) is 0.611. The molecule has 0 N–H and O–H groups in total. The fourth-order valence-electron chi connectivity index (χ4n) is 3.30. The monoisotopic (exact) mass is 318 g/mol. The topological polar surface area (TPSA) is 42.0 Å². The van der Waals surface area contributed by atoms with E-state index in [-0.39, 0.29) is 18.1 Å². The highest BCUT2D eigenvalue weighted by Crippen LogP contribution is 2.15. The van der Waals surface area contributed by atoms with Gasteiger partial charge in [0.05, 0.1) is 25.4 Å². The number of morpholine rings is 2. The van der Waals surface area contributed by atoms with Gasteiger partial charge in [0.1, 0.15) is 0 Å². The molecular weight excluding hydrogens is 292 g/mol. The van der Waals surface area contributed by atoms with Crippen LogP contribution in [0.25, 0.3) is 0 Å². The maximum absolute atomic E-state index is 12.6. The first-order valence-electron chi connectivity index (χ1n) is 8.45. The molecule has 2 aliphatic heterocycles. The van der Waals surface area contributed by atoms with E-state index in [2.05, 4.69) is 17.0 Å². The van der Waals surface area contributed by atoms with Crippen molar-refractivity contribution < 1.29 is 14.3 Å². The summed E-state index contributed by atoms with van der Waals surface area (Å²) in [4.78, 5) is 16.9. The molecular formula is C18H26N2O3. The van der Waals surface area contributed by atoms with Gasteiger partial charge in [0.15, 0.2) is 0 Å². The van der Waals surface area contributed by atoms with Crippen molar-refractivity contribution in [1.29, 1.82) is 0 Å². The molecule has 0 saturated carbocycles. The Kier molecular flexibility index (Phi) is 5.30. The first-order valence-corrected chi connectivity index (χ1v) is 8.45. The molecule has 2 aliphatic rings. The van der Waals surface area contributed by atoms with Crippen molar-refractivity contribution in [3.05, 3.63) is 35.4 Å². The Labute approximate surface area is 138 Å². The van der Waals surface area contributed by atoms with Crippen molar-refractivity contribution in [2.24, 2.45) is 0 Å². The van der Waals surface area contributed by atoms with Crippen molar-refractivity contribution in [2.75, 3.05) is 39.4 Å². The first-order chi connectivity index (χ1) is 11.1. The molecule has 0 unspecified atom stereocenters. The molecule has 0 aromatic heterocycles. The van der Waals surface area contributed by atoms with Gasteiger partial charge in [-0.3, -0.25) is 9.69 Å². The molecule has 126 valence electrons. The third-order valence-electron chi connectivity index (χ3n) is 4.42. The highest BCUT2D eigenvalue weighted by atomic mass is 16.5. The van der Waals surface area contributed by atoms with Gasteiger partial charge in [0.25, 0.3) is 5.91 Å². The molecule has 1 amide bonds. The Hall–Kier alpha value is -1.43. The average molecular weight is 318 g/mol. The molecule has 1 aromatic carbocycles. The van der Waals surface area contributed by atoms with Crippen LogP contribution in [0, 0.1) is 0 Å². The maximum Gasteiger partial charge on any atom is 0.254 e. The molecule has 3 rings (SSSR count). The second-order valence-corrected chi connectivity index (χ2v) is 6.55. The predicted molar refractivity (Wildman–Crippen MR) is 88.5 cm³/mol. The van der Waals surface area contributed by atoms with E-state index in [1.54, 1.807) is 0 Å². The van der Waals surface area contributed by atoms with Crippen molar-refractivity contribution in [3.8, 4) is 0 Å². The van der Waals surface area contributed by atoms with Gasteiger partial charge >= 0.3 is 0 Å². The average Bonchev–Trinajstić information content (AvgIpc) is 2.55. The number of carbonyl (C=O) groups is 1. The maximum atomic E-state index is 12.6. The van der Waals surface area contributed by atoms with Crippen LogP contribution >= 0.6 is 0 Å². The van der Waals surface area contributed by atoms with Gasteiger partial charge in [-0.2, -0.15) is 0 Å². The summed E-state index contributed by atoms with van der Waals surface area (Å²) in [7, 11) is 0. The van der Waals surface area contributed by atoms with E-state index in [1.165, 1.54) is 5.56 Å². The van der Waals surface area contributed by atoms with Crippen LogP contribution in [0.4, 0.5) is 0 Å². The van der Waals surface area contributed by atoms with Crippen LogP contribution < -0.4 is 0 Å². The van der Waals surface area contributed by atoms with Gasteiger partial charge in [-0.25, -0.2) is 0 Å². The molecule has 2 heterocycles. The Morgan fingerprint density at radius 3 is 2.30 bits per heavy atom. The van der Waals surface area contributed by atoms with Crippen molar-refractivity contribution in [1.82, 2.24) is 9.80 Å². The van der Waals surface area contributed by atoms with E-state index >= 15 is 0 Å². The van der Waals surface area contributed by atoms with E-state index in [1.807, 2.05) is 30.9 Å². The number of benzene rings is 1. The molecule has 5 nitrogen and oxygen atoms in total. The molecule has 0 aliphatic carbocycles. The number of hydrogen-bond acceptors (Lipinski definition) is 4. The summed E-state index contributed by atoms with van der Waals surface area (Å²) in [5.74, 6) is 0.102. The van der Waals surface area contributed by atoms with Gasteiger partial charge in [-0.05, 0) is 31.5 Å². The Bertz CT molecular complexity index is 516. The van der Waals surface area contributed by atoms with E-state index in [0.717, 1.165) is 38.4 Å². The zero-order valence-corrected chi connectivity index (χ0v) is 14.0. The number of carbonyl (C=O) groups excluding carboxylic acids is 1. The third kappa shape index (κ3) is 4.31. The summed E-state index contributed by atoms with van der Waals surface area (Å²) in [6, 6.07) is 8.03. The lowest BCUT2D eigenvalue weighted by molar-refractivity contribution is -0.0586. The third-order valence-corrected chi connectivity index (χ3v) is 4.42. The van der Waals surface area contributed by atoms with Crippen molar-refractivity contribution in [3.63, 3.8) is 0 Å². The largest absolute Gasteiger partial charge is 0.379 e. The fourth-order valence-corrected chi connectivity index (χ4v) is 3.30. The van der Waals surface area contributed by atoms with Gasteiger partial charge in [0.2, 0.25) is 0 Å². The molecule has 1 aromatic rings. The van der Waals surface area contributed by atoms with E-state index in [9.17, 15) is 4.79 Å². The van der Waals surface area contributed by atoms with Gasteiger partial charge < -0.3 is 14.4 Å². The quantitative estimate of drug-likeness (QED) is 0.852. The summed E-state index contributed by atoms with van der Waals surface area (Å²) in [5.41, 5.74) is 2.00. The van der Waals surface area contributed by atoms with Crippen LogP contribution in [0.5, 0.6) is 0 Å². The summed E-state index contributed by atoms with van der Waals surface area (Å²) in [6.07, 6.45) is 0.201. The summed E-state index contributed by atoms with van der Waals surface area (Å²) < 4.78 is 11.1. The van der Waals surface area contributed by atoms with Crippen molar-refractivity contribution >= 4 is 5.91 Å². The SMILES string of the molecule is C[C@@H]1CN(C(=O)c2ccc(CN3CCOCC3)cc2)C[C@H](C)O1.